The van der Waals surface area contributed by atoms with E-state index in [0.29, 0.717) is 6.42 Å². The summed E-state index contributed by atoms with van der Waals surface area (Å²) >= 11 is 0. The fourth-order valence-electron chi connectivity index (χ4n) is 3.61. The summed E-state index contributed by atoms with van der Waals surface area (Å²) in [6.45, 7) is 7.61. The highest BCUT2D eigenvalue weighted by molar-refractivity contribution is 5.76. The van der Waals surface area contributed by atoms with Crippen molar-refractivity contribution in [3.63, 3.8) is 0 Å². The van der Waals surface area contributed by atoms with E-state index in [1.165, 1.54) is 83.5 Å². The van der Waals surface area contributed by atoms with E-state index in [2.05, 4.69) is 12.2 Å². The van der Waals surface area contributed by atoms with Crippen LogP contribution in [0.4, 0.5) is 0 Å². The number of hydrogen-bond donors (Lipinski definition) is 3. The molecule has 4 nitrogen and oxygen atoms in total. The number of unbranched alkanes of at least 4 members (excludes halogenated alkanes) is 14. The topological polar surface area (TPSA) is 75.4 Å². The van der Waals surface area contributed by atoms with E-state index in [0.717, 1.165) is 12.8 Å². The molecule has 0 rings (SSSR count). The Labute approximate surface area is 175 Å². The van der Waals surface area contributed by atoms with Gasteiger partial charge in [0, 0.05) is 18.4 Å². The summed E-state index contributed by atoms with van der Waals surface area (Å²) in [5.41, 5.74) is 4.43. The predicted molar refractivity (Wildman–Crippen MR) is 121 cm³/mol. The molecule has 4 N–H and O–H groups in total. The summed E-state index contributed by atoms with van der Waals surface area (Å²) in [6.07, 6.45) is 20.5. The molecule has 0 aromatic heterocycles. The highest BCUT2D eigenvalue weighted by Gasteiger charge is 2.28. The van der Waals surface area contributed by atoms with Gasteiger partial charge in [0.2, 0.25) is 5.91 Å². The van der Waals surface area contributed by atoms with Crippen LogP contribution in [0.1, 0.15) is 130 Å². The van der Waals surface area contributed by atoms with Crippen LogP contribution in [0.5, 0.6) is 0 Å². The maximum atomic E-state index is 12.0. The molecule has 168 valence electrons. The molecule has 0 bridgehead atoms. The molecule has 0 saturated heterocycles. The van der Waals surface area contributed by atoms with E-state index in [9.17, 15) is 9.90 Å². The smallest absolute Gasteiger partial charge is 0.220 e. The first-order chi connectivity index (χ1) is 13.3. The molecule has 0 aromatic rings. The van der Waals surface area contributed by atoms with Crippen LogP contribution in [0.2, 0.25) is 0 Å². The molecule has 0 aliphatic heterocycles. The standard InChI is InChI=1S/C24H50N2O2/c1-5-6-7-8-9-10-11-12-13-14-15-16-17-18-19-20-23(27)26-22(3)21(2)24(4,25)28/h21-22,28H,5-20,25H2,1-4H3,(H,26,27). The highest BCUT2D eigenvalue weighted by Crippen LogP contribution is 2.16. The maximum absolute atomic E-state index is 12.0. The summed E-state index contributed by atoms with van der Waals surface area (Å²) in [5.74, 6) is -0.115. The first kappa shape index (κ1) is 27.4. The molecular formula is C24H50N2O2. The Bertz CT molecular complexity index is 366. The normalized spacial score (nSPS) is 15.8. The minimum Gasteiger partial charge on any atom is -0.376 e. The van der Waals surface area contributed by atoms with Crippen LogP contribution in [-0.2, 0) is 4.79 Å². The molecule has 0 saturated carbocycles. The van der Waals surface area contributed by atoms with Gasteiger partial charge in [-0.1, -0.05) is 104 Å². The number of nitrogens with two attached hydrogens (primary N) is 1. The number of carbonyl (C=O) groups is 1. The Hall–Kier alpha value is -0.610. The zero-order valence-electron chi connectivity index (χ0n) is 19.4. The SMILES string of the molecule is CCCCCCCCCCCCCCCCCC(=O)NC(C)C(C)C(C)(N)O. The zero-order valence-corrected chi connectivity index (χ0v) is 19.4. The van der Waals surface area contributed by atoms with Crippen molar-refractivity contribution in [2.24, 2.45) is 11.7 Å². The van der Waals surface area contributed by atoms with E-state index in [-0.39, 0.29) is 17.9 Å². The van der Waals surface area contributed by atoms with E-state index in [4.69, 9.17) is 5.73 Å². The van der Waals surface area contributed by atoms with Crippen LogP contribution < -0.4 is 11.1 Å². The largest absolute Gasteiger partial charge is 0.376 e. The summed E-state index contributed by atoms with van der Waals surface area (Å²) < 4.78 is 0. The number of carbonyl (C=O) groups excluding carboxylic acids is 1. The molecule has 28 heavy (non-hydrogen) atoms. The van der Waals surface area contributed by atoms with Gasteiger partial charge in [0.1, 0.15) is 5.72 Å². The average molecular weight is 399 g/mol. The van der Waals surface area contributed by atoms with Gasteiger partial charge in [0.15, 0.2) is 0 Å². The van der Waals surface area contributed by atoms with Crippen molar-refractivity contribution >= 4 is 5.91 Å². The zero-order chi connectivity index (χ0) is 21.3. The molecular weight excluding hydrogens is 348 g/mol. The quantitative estimate of drug-likeness (QED) is 0.183. The molecule has 0 aliphatic rings. The van der Waals surface area contributed by atoms with Crippen molar-refractivity contribution in [1.82, 2.24) is 5.32 Å². The fourth-order valence-corrected chi connectivity index (χ4v) is 3.61. The lowest BCUT2D eigenvalue weighted by molar-refractivity contribution is -0.122. The Morgan fingerprint density at radius 2 is 1.18 bits per heavy atom. The molecule has 0 fully saturated rings. The second-order valence-corrected chi connectivity index (χ2v) is 9.07. The summed E-state index contributed by atoms with van der Waals surface area (Å²) in [5, 5.41) is 12.8. The van der Waals surface area contributed by atoms with Gasteiger partial charge in [-0.15, -0.1) is 0 Å². The molecule has 0 aliphatic carbocycles. The lowest BCUT2D eigenvalue weighted by atomic mass is 9.93. The Morgan fingerprint density at radius 1 is 0.821 bits per heavy atom. The van der Waals surface area contributed by atoms with Crippen molar-refractivity contribution in [2.45, 2.75) is 142 Å². The summed E-state index contributed by atoms with van der Waals surface area (Å²) in [7, 11) is 0. The predicted octanol–water partition coefficient (Wildman–Crippen LogP) is 6.06. The van der Waals surface area contributed by atoms with Crippen LogP contribution in [-0.4, -0.2) is 22.8 Å². The van der Waals surface area contributed by atoms with Crippen molar-refractivity contribution in [2.75, 3.05) is 0 Å². The third-order valence-corrected chi connectivity index (χ3v) is 6.07. The van der Waals surface area contributed by atoms with Crippen molar-refractivity contribution in [3.05, 3.63) is 0 Å². The number of aliphatic hydroxyl groups is 1. The van der Waals surface area contributed by atoms with Gasteiger partial charge in [0.25, 0.3) is 0 Å². The summed E-state index contributed by atoms with van der Waals surface area (Å²) in [4.78, 5) is 12.0. The first-order valence-corrected chi connectivity index (χ1v) is 12.1. The average Bonchev–Trinajstić information content (AvgIpc) is 2.63. The van der Waals surface area contributed by atoms with Gasteiger partial charge in [0.05, 0.1) is 0 Å². The highest BCUT2D eigenvalue weighted by atomic mass is 16.3. The van der Waals surface area contributed by atoms with Crippen LogP contribution in [0, 0.1) is 5.92 Å². The van der Waals surface area contributed by atoms with Crippen molar-refractivity contribution in [1.29, 1.82) is 0 Å². The van der Waals surface area contributed by atoms with Gasteiger partial charge in [-0.25, -0.2) is 0 Å². The third kappa shape index (κ3) is 16.4. The lowest BCUT2D eigenvalue weighted by Gasteiger charge is -2.31. The van der Waals surface area contributed by atoms with Crippen LogP contribution in [0.3, 0.4) is 0 Å². The van der Waals surface area contributed by atoms with Gasteiger partial charge in [-0.3, -0.25) is 4.79 Å². The second-order valence-electron chi connectivity index (χ2n) is 9.07. The lowest BCUT2D eigenvalue weighted by Crippen LogP contribution is -2.52. The van der Waals surface area contributed by atoms with Gasteiger partial charge < -0.3 is 16.2 Å². The Kier molecular flexibility index (Phi) is 16.9. The number of nitrogens with one attached hydrogen (secondary N) is 1. The van der Waals surface area contributed by atoms with E-state index < -0.39 is 5.72 Å². The third-order valence-electron chi connectivity index (χ3n) is 6.07. The van der Waals surface area contributed by atoms with Crippen LogP contribution in [0.25, 0.3) is 0 Å². The molecule has 0 radical (unpaired) electrons. The summed E-state index contributed by atoms with van der Waals surface area (Å²) in [6, 6.07) is -0.121. The second kappa shape index (κ2) is 17.3. The minimum absolute atomic E-state index is 0.0679. The van der Waals surface area contributed by atoms with E-state index >= 15 is 0 Å². The molecule has 4 heteroatoms. The number of amides is 1. The number of rotatable bonds is 19. The monoisotopic (exact) mass is 398 g/mol. The molecule has 1 amide bonds. The number of hydrogen-bond acceptors (Lipinski definition) is 3. The minimum atomic E-state index is -1.26. The fraction of sp³-hybridized carbons (Fsp3) is 0.958. The Morgan fingerprint density at radius 3 is 1.54 bits per heavy atom. The van der Waals surface area contributed by atoms with E-state index in [1.807, 2.05) is 13.8 Å². The van der Waals surface area contributed by atoms with E-state index in [1.54, 1.807) is 6.92 Å². The van der Waals surface area contributed by atoms with Crippen molar-refractivity contribution < 1.29 is 9.90 Å². The molecule has 3 unspecified atom stereocenters. The molecule has 3 atom stereocenters. The Balaban J connectivity index is 3.38. The first-order valence-electron chi connectivity index (χ1n) is 12.1. The van der Waals surface area contributed by atoms with Gasteiger partial charge in [-0.2, -0.15) is 0 Å². The van der Waals surface area contributed by atoms with Gasteiger partial charge >= 0.3 is 0 Å². The van der Waals surface area contributed by atoms with Gasteiger partial charge in [-0.05, 0) is 20.3 Å². The maximum Gasteiger partial charge on any atom is 0.220 e. The molecule has 0 heterocycles. The molecule has 0 aromatic carbocycles. The van der Waals surface area contributed by atoms with Crippen LogP contribution >= 0.6 is 0 Å². The molecule has 0 spiro atoms. The van der Waals surface area contributed by atoms with Crippen LogP contribution in [0.15, 0.2) is 0 Å². The van der Waals surface area contributed by atoms with Crippen molar-refractivity contribution in [3.8, 4) is 0 Å².